The second-order valence-corrected chi connectivity index (χ2v) is 6.41. The van der Waals surface area contributed by atoms with Gasteiger partial charge in [0.2, 0.25) is 5.56 Å². The van der Waals surface area contributed by atoms with Gasteiger partial charge < -0.3 is 9.64 Å². The van der Waals surface area contributed by atoms with Crippen molar-refractivity contribution in [3.05, 3.63) is 0 Å². The molecule has 0 radical (unpaired) electrons. The van der Waals surface area contributed by atoms with Gasteiger partial charge in [-0.1, -0.05) is 0 Å². The molecule has 2 aliphatic rings. The van der Waals surface area contributed by atoms with E-state index in [-0.39, 0.29) is 6.03 Å². The molecule has 2 atom stereocenters. The van der Waals surface area contributed by atoms with Crippen molar-refractivity contribution in [2.45, 2.75) is 31.2 Å². The third kappa shape index (κ3) is 3.30. The average Bonchev–Trinajstić information content (AvgIpc) is 3.15. The van der Waals surface area contributed by atoms with Gasteiger partial charge in [0, 0.05) is 33.3 Å². The lowest BCUT2D eigenvalue weighted by atomic mass is 10.4. The zero-order valence-corrected chi connectivity index (χ0v) is 12.9. The maximum Gasteiger partial charge on any atom is 0.347 e. The van der Waals surface area contributed by atoms with Gasteiger partial charge in [-0.2, -0.15) is 5.06 Å². The van der Waals surface area contributed by atoms with Crippen LogP contribution in [0.5, 0.6) is 0 Å². The first-order valence-electron chi connectivity index (χ1n) is 6.99. The van der Waals surface area contributed by atoms with Crippen LogP contribution in [-0.4, -0.2) is 70.5 Å². The first-order chi connectivity index (χ1) is 9.69. The topological polar surface area (TPSA) is 62.3 Å². The SMILES string of the molecule is COC(N(OC)C(=O)N1CCCC1)S(=O)N1CCCC1. The van der Waals surface area contributed by atoms with Crippen LogP contribution in [0.25, 0.3) is 0 Å². The Hall–Kier alpha value is -0.700. The van der Waals surface area contributed by atoms with Gasteiger partial charge in [-0.25, -0.2) is 13.3 Å². The molecule has 0 aliphatic carbocycles. The smallest absolute Gasteiger partial charge is 0.347 e. The lowest BCUT2D eigenvalue weighted by Crippen LogP contribution is -2.51. The van der Waals surface area contributed by atoms with Gasteiger partial charge in [-0.05, 0) is 25.7 Å². The highest BCUT2D eigenvalue weighted by Gasteiger charge is 2.36. The molecule has 2 rings (SSSR count). The lowest BCUT2D eigenvalue weighted by Gasteiger charge is -2.32. The van der Waals surface area contributed by atoms with Crippen LogP contribution in [0.1, 0.15) is 25.7 Å². The van der Waals surface area contributed by atoms with Crippen LogP contribution < -0.4 is 0 Å². The van der Waals surface area contributed by atoms with E-state index in [1.165, 1.54) is 14.2 Å². The largest absolute Gasteiger partial charge is 0.347 e. The summed E-state index contributed by atoms with van der Waals surface area (Å²) in [5.74, 6) is 0. The fraction of sp³-hybridized carbons (Fsp3) is 0.917. The maximum absolute atomic E-state index is 12.5. The number of urea groups is 1. The van der Waals surface area contributed by atoms with Gasteiger partial charge in [0.25, 0.3) is 0 Å². The Balaban J connectivity index is 2.05. The van der Waals surface area contributed by atoms with E-state index in [2.05, 4.69) is 0 Å². The third-order valence-electron chi connectivity index (χ3n) is 3.65. The van der Waals surface area contributed by atoms with E-state index < -0.39 is 16.5 Å². The molecule has 116 valence electrons. The molecule has 0 spiro atoms. The zero-order chi connectivity index (χ0) is 14.5. The minimum atomic E-state index is -1.42. The van der Waals surface area contributed by atoms with Crippen LogP contribution in [-0.2, 0) is 20.6 Å². The molecule has 0 N–H and O–H groups in total. The molecule has 2 saturated heterocycles. The number of methoxy groups -OCH3 is 1. The first kappa shape index (κ1) is 15.7. The van der Waals surface area contributed by atoms with Crippen molar-refractivity contribution in [1.29, 1.82) is 0 Å². The van der Waals surface area contributed by atoms with Crippen LogP contribution in [0.2, 0.25) is 0 Å². The van der Waals surface area contributed by atoms with Gasteiger partial charge in [0.15, 0.2) is 0 Å². The average molecular weight is 305 g/mol. The Labute approximate surface area is 122 Å². The number of carbonyl (C=O) groups is 1. The number of hydrogen-bond donors (Lipinski definition) is 0. The highest BCUT2D eigenvalue weighted by atomic mass is 32.2. The minimum Gasteiger partial charge on any atom is -0.347 e. The normalized spacial score (nSPS) is 23.0. The number of likely N-dealkylation sites (tertiary alicyclic amines) is 1. The summed E-state index contributed by atoms with van der Waals surface area (Å²) in [4.78, 5) is 19.3. The van der Waals surface area contributed by atoms with E-state index in [0.717, 1.165) is 43.8 Å². The standard InChI is InChI=1S/C12H23N3O4S/c1-18-12(20(17)14-9-5-6-10-14)15(19-2)11(16)13-7-3-4-8-13/h12H,3-10H2,1-2H3. The molecule has 2 heterocycles. The van der Waals surface area contributed by atoms with Crippen molar-refractivity contribution in [2.75, 3.05) is 40.4 Å². The summed E-state index contributed by atoms with van der Waals surface area (Å²) in [6.07, 6.45) is 4.04. The summed E-state index contributed by atoms with van der Waals surface area (Å²) >= 11 is 0. The Morgan fingerprint density at radius 1 is 1.10 bits per heavy atom. The second-order valence-electron chi connectivity index (χ2n) is 4.94. The van der Waals surface area contributed by atoms with Crippen molar-refractivity contribution in [3.63, 3.8) is 0 Å². The van der Waals surface area contributed by atoms with Gasteiger partial charge in [0.1, 0.15) is 11.0 Å². The van der Waals surface area contributed by atoms with E-state index in [1.54, 1.807) is 4.90 Å². The fourth-order valence-corrected chi connectivity index (χ4v) is 3.94. The van der Waals surface area contributed by atoms with Crippen LogP contribution in [0.3, 0.4) is 0 Å². The highest BCUT2D eigenvalue weighted by molar-refractivity contribution is 7.83. The maximum atomic E-state index is 12.5. The second kappa shape index (κ2) is 7.35. The number of amides is 2. The Kier molecular flexibility index (Phi) is 5.76. The van der Waals surface area contributed by atoms with E-state index in [4.69, 9.17) is 9.57 Å². The molecule has 0 aromatic heterocycles. The summed E-state index contributed by atoms with van der Waals surface area (Å²) in [5.41, 5.74) is -0.897. The lowest BCUT2D eigenvalue weighted by molar-refractivity contribution is -0.164. The molecule has 0 aromatic rings. The molecule has 7 nitrogen and oxygen atoms in total. The molecule has 8 heteroatoms. The van der Waals surface area contributed by atoms with E-state index in [1.807, 2.05) is 4.31 Å². The number of nitrogens with zero attached hydrogens (tertiary/aromatic N) is 3. The first-order valence-corrected chi connectivity index (χ1v) is 8.16. The predicted octanol–water partition coefficient (Wildman–Crippen LogP) is 0.755. The molecular weight excluding hydrogens is 282 g/mol. The molecular formula is C12H23N3O4S. The molecule has 2 unspecified atom stereocenters. The van der Waals surface area contributed by atoms with E-state index in [0.29, 0.717) is 13.1 Å². The number of hydrogen-bond acceptors (Lipinski definition) is 4. The number of rotatable bonds is 5. The fourth-order valence-electron chi connectivity index (χ4n) is 2.56. The van der Waals surface area contributed by atoms with E-state index >= 15 is 0 Å². The summed E-state index contributed by atoms with van der Waals surface area (Å²) in [6, 6.07) is -0.274. The van der Waals surface area contributed by atoms with Crippen molar-refractivity contribution < 1.29 is 18.6 Å². The van der Waals surface area contributed by atoms with Gasteiger partial charge >= 0.3 is 6.03 Å². The zero-order valence-electron chi connectivity index (χ0n) is 12.1. The van der Waals surface area contributed by atoms with Crippen molar-refractivity contribution >= 4 is 17.0 Å². The number of carbonyl (C=O) groups excluding carboxylic acids is 1. The monoisotopic (exact) mass is 305 g/mol. The van der Waals surface area contributed by atoms with Crippen molar-refractivity contribution in [1.82, 2.24) is 14.3 Å². The van der Waals surface area contributed by atoms with Gasteiger partial charge in [-0.15, -0.1) is 0 Å². The van der Waals surface area contributed by atoms with Gasteiger partial charge in [0.05, 0.1) is 7.11 Å². The van der Waals surface area contributed by atoms with Crippen molar-refractivity contribution in [3.8, 4) is 0 Å². The molecule has 2 amide bonds. The van der Waals surface area contributed by atoms with Crippen LogP contribution in [0.4, 0.5) is 4.79 Å². The Morgan fingerprint density at radius 2 is 1.65 bits per heavy atom. The van der Waals surface area contributed by atoms with E-state index in [9.17, 15) is 9.00 Å². The number of ether oxygens (including phenoxy) is 1. The molecule has 0 bridgehead atoms. The Bertz CT molecular complexity index is 323. The quantitative estimate of drug-likeness (QED) is 0.555. The van der Waals surface area contributed by atoms with Crippen LogP contribution >= 0.6 is 0 Å². The summed E-state index contributed by atoms with van der Waals surface area (Å²) in [7, 11) is 1.43. The Morgan fingerprint density at radius 3 is 2.15 bits per heavy atom. The van der Waals surface area contributed by atoms with Crippen molar-refractivity contribution in [2.24, 2.45) is 0 Å². The summed E-state index contributed by atoms with van der Waals surface area (Å²) in [5, 5.41) is 1.10. The summed E-state index contributed by atoms with van der Waals surface area (Å²) in [6.45, 7) is 2.96. The van der Waals surface area contributed by atoms with Crippen LogP contribution in [0, 0.1) is 0 Å². The molecule has 0 saturated carbocycles. The highest BCUT2D eigenvalue weighted by Crippen LogP contribution is 2.19. The predicted molar refractivity (Wildman–Crippen MR) is 74.8 cm³/mol. The molecule has 20 heavy (non-hydrogen) atoms. The molecule has 2 aliphatic heterocycles. The van der Waals surface area contributed by atoms with Gasteiger partial charge in [-0.3, -0.25) is 4.84 Å². The molecule has 2 fully saturated rings. The summed E-state index contributed by atoms with van der Waals surface area (Å²) < 4.78 is 19.6. The third-order valence-corrected chi connectivity index (χ3v) is 5.25. The molecule has 0 aromatic carbocycles. The number of hydroxylamine groups is 2. The van der Waals surface area contributed by atoms with Crippen LogP contribution in [0.15, 0.2) is 0 Å². The minimum absolute atomic E-state index is 0.274.